The first-order valence-corrected chi connectivity index (χ1v) is 8.32. The van der Waals surface area contributed by atoms with Gasteiger partial charge in [-0.2, -0.15) is 0 Å². The maximum Gasteiger partial charge on any atom is 0.0685 e. The zero-order chi connectivity index (χ0) is 13.1. The molecule has 0 amide bonds. The van der Waals surface area contributed by atoms with Gasteiger partial charge in [0.2, 0.25) is 0 Å². The molecule has 0 spiro atoms. The molecule has 0 aliphatic carbocycles. The lowest BCUT2D eigenvalue weighted by atomic mass is 10.0. The minimum Gasteiger partial charge on any atom is -0.306 e. The highest BCUT2D eigenvalue weighted by Gasteiger charge is 2.19. The highest BCUT2D eigenvalue weighted by atomic mass is 79.9. The quantitative estimate of drug-likeness (QED) is 0.751. The third-order valence-corrected chi connectivity index (χ3v) is 5.14. The molecule has 0 aliphatic rings. The van der Waals surface area contributed by atoms with Gasteiger partial charge in [0.1, 0.15) is 0 Å². The van der Waals surface area contributed by atoms with Gasteiger partial charge in [-0.3, -0.25) is 0 Å². The predicted octanol–water partition coefficient (Wildman–Crippen LogP) is 5.28. The Hall–Kier alpha value is -0.160. The monoisotopic (exact) mass is 387 g/mol. The zero-order valence-electron chi connectivity index (χ0n) is 10.3. The molecule has 18 heavy (non-hydrogen) atoms. The van der Waals surface area contributed by atoms with E-state index in [9.17, 15) is 0 Å². The summed E-state index contributed by atoms with van der Waals surface area (Å²) in [5, 5.41) is 5.72. The smallest absolute Gasteiger partial charge is 0.0685 e. The van der Waals surface area contributed by atoms with Crippen molar-refractivity contribution in [1.29, 1.82) is 0 Å². The van der Waals surface area contributed by atoms with Crippen molar-refractivity contribution in [1.82, 2.24) is 5.32 Å². The standard InChI is InChI=1S/C14H15Br2NS/c1-3-17-13(14-9(2)6-7-18-14)11-8-10(15)4-5-12(11)16/h4-8,13,17H,3H2,1-2H3. The molecule has 0 saturated heterocycles. The number of aryl methyl sites for hydroxylation is 1. The molecule has 0 aliphatic heterocycles. The molecule has 1 aromatic carbocycles. The van der Waals surface area contributed by atoms with E-state index in [0.717, 1.165) is 15.5 Å². The van der Waals surface area contributed by atoms with Gasteiger partial charge in [-0.25, -0.2) is 0 Å². The number of thiophene rings is 1. The van der Waals surface area contributed by atoms with Crippen molar-refractivity contribution in [2.24, 2.45) is 0 Å². The van der Waals surface area contributed by atoms with Gasteiger partial charge in [0, 0.05) is 13.8 Å². The molecule has 0 bridgehead atoms. The van der Waals surface area contributed by atoms with E-state index in [1.54, 1.807) is 0 Å². The third kappa shape index (κ3) is 3.05. The maximum atomic E-state index is 3.65. The molecule has 1 aromatic heterocycles. The van der Waals surface area contributed by atoms with E-state index in [4.69, 9.17) is 0 Å². The van der Waals surface area contributed by atoms with Crippen LogP contribution in [0.5, 0.6) is 0 Å². The summed E-state index contributed by atoms with van der Waals surface area (Å²) < 4.78 is 2.25. The SMILES string of the molecule is CCNC(c1cc(Br)ccc1Br)c1sccc1C. The van der Waals surface area contributed by atoms with E-state index in [0.29, 0.717) is 0 Å². The van der Waals surface area contributed by atoms with E-state index < -0.39 is 0 Å². The summed E-state index contributed by atoms with van der Waals surface area (Å²) in [6.45, 7) is 5.25. The number of halogens is 2. The van der Waals surface area contributed by atoms with Crippen molar-refractivity contribution in [2.75, 3.05) is 6.54 Å². The van der Waals surface area contributed by atoms with E-state index in [1.807, 2.05) is 11.3 Å². The highest BCUT2D eigenvalue weighted by Crippen LogP contribution is 2.34. The largest absolute Gasteiger partial charge is 0.306 e. The van der Waals surface area contributed by atoms with E-state index in [1.165, 1.54) is 16.0 Å². The van der Waals surface area contributed by atoms with Crippen molar-refractivity contribution in [2.45, 2.75) is 19.9 Å². The average Bonchev–Trinajstić information content (AvgIpc) is 2.76. The number of nitrogens with one attached hydrogen (secondary N) is 1. The maximum absolute atomic E-state index is 3.65. The lowest BCUT2D eigenvalue weighted by Gasteiger charge is -2.20. The molecule has 1 atom stereocenters. The Morgan fingerprint density at radius 1 is 1.28 bits per heavy atom. The Labute approximate surface area is 129 Å². The van der Waals surface area contributed by atoms with Crippen molar-refractivity contribution < 1.29 is 0 Å². The number of rotatable bonds is 4. The first kappa shape index (κ1) is 14.3. The second kappa shape index (κ2) is 6.33. The van der Waals surface area contributed by atoms with Gasteiger partial charge in [0.05, 0.1) is 6.04 Å². The Balaban J connectivity index is 2.48. The molecule has 1 nitrogen and oxygen atoms in total. The molecule has 96 valence electrons. The van der Waals surface area contributed by atoms with Gasteiger partial charge < -0.3 is 5.32 Å². The fourth-order valence-electron chi connectivity index (χ4n) is 1.96. The molecule has 1 unspecified atom stereocenters. The molecule has 0 fully saturated rings. The van der Waals surface area contributed by atoms with Crippen molar-refractivity contribution in [3.63, 3.8) is 0 Å². The molecular weight excluding hydrogens is 374 g/mol. The van der Waals surface area contributed by atoms with Crippen LogP contribution in [0, 0.1) is 6.92 Å². The van der Waals surface area contributed by atoms with Crippen LogP contribution in [0.2, 0.25) is 0 Å². The van der Waals surface area contributed by atoms with Gasteiger partial charge in [0.15, 0.2) is 0 Å². The van der Waals surface area contributed by atoms with Gasteiger partial charge >= 0.3 is 0 Å². The van der Waals surface area contributed by atoms with E-state index >= 15 is 0 Å². The summed E-state index contributed by atoms with van der Waals surface area (Å²) in [6.07, 6.45) is 0. The molecule has 4 heteroatoms. The second-order valence-electron chi connectivity index (χ2n) is 4.12. The average molecular weight is 389 g/mol. The molecular formula is C14H15Br2NS. The van der Waals surface area contributed by atoms with Gasteiger partial charge in [0.25, 0.3) is 0 Å². The van der Waals surface area contributed by atoms with Crippen LogP contribution in [0.1, 0.15) is 29.0 Å². The summed E-state index contributed by atoms with van der Waals surface area (Å²) in [6, 6.07) is 8.75. The normalized spacial score (nSPS) is 12.7. The number of hydrogen-bond donors (Lipinski definition) is 1. The van der Waals surface area contributed by atoms with Crippen molar-refractivity contribution in [3.05, 3.63) is 54.6 Å². The van der Waals surface area contributed by atoms with Crippen LogP contribution in [0.4, 0.5) is 0 Å². The molecule has 1 heterocycles. The summed E-state index contributed by atoms with van der Waals surface area (Å²) >= 11 is 9.02. The van der Waals surface area contributed by atoms with Crippen LogP contribution < -0.4 is 5.32 Å². The van der Waals surface area contributed by atoms with Crippen LogP contribution in [0.15, 0.2) is 38.6 Å². The fraction of sp³-hybridized carbons (Fsp3) is 0.286. The van der Waals surface area contributed by atoms with Crippen LogP contribution >= 0.6 is 43.2 Å². The van der Waals surface area contributed by atoms with Crippen molar-refractivity contribution >= 4 is 43.2 Å². The summed E-state index contributed by atoms with van der Waals surface area (Å²) in [4.78, 5) is 1.38. The topological polar surface area (TPSA) is 12.0 Å². The Bertz CT molecular complexity index is 536. The lowest BCUT2D eigenvalue weighted by Crippen LogP contribution is -2.22. The Morgan fingerprint density at radius 2 is 2.06 bits per heavy atom. The Morgan fingerprint density at radius 3 is 2.67 bits per heavy atom. The van der Waals surface area contributed by atoms with Crippen LogP contribution in [-0.4, -0.2) is 6.54 Å². The number of benzene rings is 1. The predicted molar refractivity (Wildman–Crippen MR) is 86.4 cm³/mol. The van der Waals surface area contributed by atoms with Gasteiger partial charge in [-0.05, 0) is 54.2 Å². The van der Waals surface area contributed by atoms with Gasteiger partial charge in [-0.15, -0.1) is 11.3 Å². The molecule has 0 radical (unpaired) electrons. The molecule has 2 rings (SSSR count). The first-order chi connectivity index (χ1) is 8.63. The molecule has 2 aromatic rings. The minimum atomic E-state index is 0.252. The molecule has 0 saturated carbocycles. The lowest BCUT2D eigenvalue weighted by molar-refractivity contribution is 0.635. The minimum absolute atomic E-state index is 0.252. The highest BCUT2D eigenvalue weighted by molar-refractivity contribution is 9.11. The second-order valence-corrected chi connectivity index (χ2v) is 6.84. The number of hydrogen-bond acceptors (Lipinski definition) is 2. The summed E-state index contributed by atoms with van der Waals surface area (Å²) in [7, 11) is 0. The van der Waals surface area contributed by atoms with Crippen molar-refractivity contribution in [3.8, 4) is 0 Å². The third-order valence-electron chi connectivity index (χ3n) is 2.84. The summed E-state index contributed by atoms with van der Waals surface area (Å²) in [5.74, 6) is 0. The summed E-state index contributed by atoms with van der Waals surface area (Å²) in [5.41, 5.74) is 2.62. The Kier molecular flexibility index (Phi) is 5.01. The van der Waals surface area contributed by atoms with E-state index in [-0.39, 0.29) is 6.04 Å². The zero-order valence-corrected chi connectivity index (χ0v) is 14.3. The fourth-order valence-corrected chi connectivity index (χ4v) is 3.84. The van der Waals surface area contributed by atoms with Crippen LogP contribution in [0.25, 0.3) is 0 Å². The first-order valence-electron chi connectivity index (χ1n) is 5.85. The van der Waals surface area contributed by atoms with Crippen LogP contribution in [0.3, 0.4) is 0 Å². The van der Waals surface area contributed by atoms with E-state index in [2.05, 4.69) is 80.7 Å². The molecule has 1 N–H and O–H groups in total. The van der Waals surface area contributed by atoms with Crippen LogP contribution in [-0.2, 0) is 0 Å². The van der Waals surface area contributed by atoms with Gasteiger partial charge in [-0.1, -0.05) is 38.8 Å².